The lowest BCUT2D eigenvalue weighted by molar-refractivity contribution is -0.140. The van der Waals surface area contributed by atoms with Gasteiger partial charge in [0.05, 0.1) is 25.8 Å². The number of hydrogen-bond acceptors (Lipinski definition) is 6. The van der Waals surface area contributed by atoms with Crippen LogP contribution in [-0.4, -0.2) is 31.3 Å². The number of urea groups is 1. The van der Waals surface area contributed by atoms with Crippen LogP contribution in [-0.2, 0) is 16.1 Å². The van der Waals surface area contributed by atoms with Crippen LogP contribution in [0.25, 0.3) is 0 Å². The van der Waals surface area contributed by atoms with Gasteiger partial charge in [0, 0.05) is 5.70 Å². The summed E-state index contributed by atoms with van der Waals surface area (Å²) in [6.07, 6.45) is 0. The molecule has 8 nitrogen and oxygen atoms in total. The SMILES string of the molecule is COc1ccc(COC(=O)C2=C(C)NC(=O)N[C@H]2c2ccc(O)c(OC)c2)cc1. The monoisotopic (exact) mass is 398 g/mol. The van der Waals surface area contributed by atoms with Gasteiger partial charge in [0.25, 0.3) is 0 Å². The molecular weight excluding hydrogens is 376 g/mol. The van der Waals surface area contributed by atoms with Crippen molar-refractivity contribution in [2.24, 2.45) is 0 Å². The zero-order chi connectivity index (χ0) is 21.0. The lowest BCUT2D eigenvalue weighted by Crippen LogP contribution is -2.45. The highest BCUT2D eigenvalue weighted by molar-refractivity contribution is 5.95. The fourth-order valence-corrected chi connectivity index (χ4v) is 3.04. The summed E-state index contributed by atoms with van der Waals surface area (Å²) in [5.41, 5.74) is 2.04. The fourth-order valence-electron chi connectivity index (χ4n) is 3.04. The molecule has 0 saturated carbocycles. The molecule has 0 aromatic heterocycles. The van der Waals surface area contributed by atoms with E-state index < -0.39 is 18.0 Å². The molecule has 29 heavy (non-hydrogen) atoms. The van der Waals surface area contributed by atoms with E-state index in [4.69, 9.17) is 14.2 Å². The molecule has 152 valence electrons. The van der Waals surface area contributed by atoms with Gasteiger partial charge in [-0.1, -0.05) is 18.2 Å². The molecular formula is C21H22N2O6. The fraction of sp³-hybridized carbons (Fsp3) is 0.238. The Labute approximate surface area is 168 Å². The van der Waals surface area contributed by atoms with Gasteiger partial charge >= 0.3 is 12.0 Å². The van der Waals surface area contributed by atoms with Crippen molar-refractivity contribution in [2.75, 3.05) is 14.2 Å². The first-order valence-electron chi connectivity index (χ1n) is 8.88. The topological polar surface area (TPSA) is 106 Å². The summed E-state index contributed by atoms with van der Waals surface area (Å²) in [4.78, 5) is 24.8. The Morgan fingerprint density at radius 3 is 2.48 bits per heavy atom. The van der Waals surface area contributed by atoms with Crippen LogP contribution >= 0.6 is 0 Å². The zero-order valence-corrected chi connectivity index (χ0v) is 16.3. The molecule has 1 heterocycles. The average molecular weight is 398 g/mol. The molecule has 0 fully saturated rings. The second kappa shape index (κ2) is 8.55. The van der Waals surface area contributed by atoms with Crippen molar-refractivity contribution in [3.63, 3.8) is 0 Å². The highest BCUT2D eigenvalue weighted by Gasteiger charge is 2.32. The van der Waals surface area contributed by atoms with Crippen molar-refractivity contribution in [1.29, 1.82) is 0 Å². The van der Waals surface area contributed by atoms with E-state index in [-0.39, 0.29) is 23.7 Å². The standard InChI is InChI=1S/C21H22N2O6/c1-12-18(20(25)29-11-13-4-7-15(27-2)8-5-13)19(23-21(26)22-12)14-6-9-16(24)17(10-14)28-3/h4-10,19,24H,11H2,1-3H3,(H2,22,23,26)/t19-/m0/s1. The summed E-state index contributed by atoms with van der Waals surface area (Å²) < 4.78 is 15.7. The summed E-state index contributed by atoms with van der Waals surface area (Å²) in [5.74, 6) is 0.335. The van der Waals surface area contributed by atoms with Crippen LogP contribution in [0, 0.1) is 0 Å². The number of phenols is 1. The number of methoxy groups -OCH3 is 2. The molecule has 0 spiro atoms. The van der Waals surface area contributed by atoms with Gasteiger partial charge in [-0.15, -0.1) is 0 Å². The zero-order valence-electron chi connectivity index (χ0n) is 16.3. The Morgan fingerprint density at radius 2 is 1.83 bits per heavy atom. The Bertz CT molecular complexity index is 952. The summed E-state index contributed by atoms with van der Waals surface area (Å²) >= 11 is 0. The minimum absolute atomic E-state index is 0.0409. The van der Waals surface area contributed by atoms with E-state index in [2.05, 4.69) is 10.6 Å². The van der Waals surface area contributed by atoms with Crippen LogP contribution < -0.4 is 20.1 Å². The van der Waals surface area contributed by atoms with Gasteiger partial charge in [0.15, 0.2) is 11.5 Å². The van der Waals surface area contributed by atoms with E-state index in [9.17, 15) is 14.7 Å². The van der Waals surface area contributed by atoms with Crippen LogP contribution in [0.5, 0.6) is 17.2 Å². The van der Waals surface area contributed by atoms with Crippen LogP contribution in [0.2, 0.25) is 0 Å². The largest absolute Gasteiger partial charge is 0.504 e. The molecule has 0 bridgehead atoms. The van der Waals surface area contributed by atoms with E-state index in [0.717, 1.165) is 5.56 Å². The van der Waals surface area contributed by atoms with Gasteiger partial charge in [-0.3, -0.25) is 0 Å². The lowest BCUT2D eigenvalue weighted by atomic mass is 9.95. The number of carbonyl (C=O) groups is 2. The minimum atomic E-state index is -0.749. The van der Waals surface area contributed by atoms with Gasteiger partial charge in [-0.25, -0.2) is 9.59 Å². The van der Waals surface area contributed by atoms with Crippen molar-refractivity contribution in [3.05, 3.63) is 64.9 Å². The first-order valence-corrected chi connectivity index (χ1v) is 8.88. The van der Waals surface area contributed by atoms with Crippen molar-refractivity contribution >= 4 is 12.0 Å². The van der Waals surface area contributed by atoms with E-state index in [1.54, 1.807) is 50.4 Å². The van der Waals surface area contributed by atoms with Crippen molar-refractivity contribution in [1.82, 2.24) is 10.6 Å². The lowest BCUT2D eigenvalue weighted by Gasteiger charge is -2.28. The summed E-state index contributed by atoms with van der Waals surface area (Å²) in [6, 6.07) is 10.6. The van der Waals surface area contributed by atoms with Gasteiger partial charge in [0.2, 0.25) is 0 Å². The van der Waals surface area contributed by atoms with E-state index in [0.29, 0.717) is 17.0 Å². The second-order valence-corrected chi connectivity index (χ2v) is 6.43. The molecule has 2 aromatic rings. The highest BCUT2D eigenvalue weighted by Crippen LogP contribution is 2.33. The minimum Gasteiger partial charge on any atom is -0.504 e. The molecule has 0 radical (unpaired) electrons. The molecule has 8 heteroatoms. The summed E-state index contributed by atoms with van der Waals surface area (Å²) in [5, 5.41) is 15.1. The Hall–Kier alpha value is -3.68. The molecule has 3 N–H and O–H groups in total. The molecule has 0 unspecified atom stereocenters. The predicted molar refractivity (Wildman–Crippen MR) is 105 cm³/mol. The number of phenolic OH excluding ortho intramolecular Hbond substituents is 1. The number of nitrogens with one attached hydrogen (secondary N) is 2. The van der Waals surface area contributed by atoms with E-state index in [1.807, 2.05) is 0 Å². The average Bonchev–Trinajstić information content (AvgIpc) is 2.72. The molecule has 0 saturated heterocycles. The number of allylic oxidation sites excluding steroid dienone is 1. The molecule has 1 aliphatic heterocycles. The Balaban J connectivity index is 1.84. The maximum Gasteiger partial charge on any atom is 0.338 e. The summed E-state index contributed by atoms with van der Waals surface area (Å²) in [6.45, 7) is 1.70. The third-order valence-electron chi connectivity index (χ3n) is 4.56. The number of amides is 2. The number of ether oxygens (including phenoxy) is 3. The van der Waals surface area contributed by atoms with Crippen LogP contribution in [0.1, 0.15) is 24.1 Å². The third kappa shape index (κ3) is 4.43. The highest BCUT2D eigenvalue weighted by atomic mass is 16.5. The molecule has 1 atom stereocenters. The number of benzene rings is 2. The maximum absolute atomic E-state index is 12.8. The molecule has 0 aliphatic carbocycles. The van der Waals surface area contributed by atoms with Gasteiger partial charge in [-0.2, -0.15) is 0 Å². The number of hydrogen-bond donors (Lipinski definition) is 3. The van der Waals surface area contributed by atoms with Crippen molar-refractivity contribution < 1.29 is 28.9 Å². The maximum atomic E-state index is 12.8. The van der Waals surface area contributed by atoms with Crippen LogP contribution in [0.15, 0.2) is 53.7 Å². The normalized spacial score (nSPS) is 16.0. The van der Waals surface area contributed by atoms with E-state index in [1.165, 1.54) is 13.2 Å². The van der Waals surface area contributed by atoms with Gasteiger partial charge < -0.3 is 30.0 Å². The second-order valence-electron chi connectivity index (χ2n) is 6.43. The molecule has 1 aliphatic rings. The van der Waals surface area contributed by atoms with Gasteiger partial charge in [0.1, 0.15) is 12.4 Å². The first kappa shape index (κ1) is 20.1. The third-order valence-corrected chi connectivity index (χ3v) is 4.56. The Morgan fingerprint density at radius 1 is 1.10 bits per heavy atom. The quantitative estimate of drug-likeness (QED) is 0.646. The Kier molecular flexibility index (Phi) is 5.92. The molecule has 3 rings (SSSR count). The predicted octanol–water partition coefficient (Wildman–Crippen LogP) is 2.78. The van der Waals surface area contributed by atoms with Crippen LogP contribution in [0.3, 0.4) is 0 Å². The van der Waals surface area contributed by atoms with Crippen molar-refractivity contribution in [2.45, 2.75) is 19.6 Å². The number of aromatic hydroxyl groups is 1. The first-order chi connectivity index (χ1) is 13.9. The molecule has 2 aromatic carbocycles. The number of rotatable bonds is 6. The smallest absolute Gasteiger partial charge is 0.338 e. The van der Waals surface area contributed by atoms with Crippen molar-refractivity contribution in [3.8, 4) is 17.2 Å². The number of carbonyl (C=O) groups excluding carboxylic acids is 2. The van der Waals surface area contributed by atoms with Crippen LogP contribution in [0.4, 0.5) is 4.79 Å². The summed E-state index contributed by atoms with van der Waals surface area (Å²) in [7, 11) is 3.00. The van der Waals surface area contributed by atoms with E-state index >= 15 is 0 Å². The molecule has 2 amide bonds. The van der Waals surface area contributed by atoms with Gasteiger partial charge in [-0.05, 0) is 42.3 Å². The number of esters is 1.